The number of amides is 1. The molecule has 0 aliphatic rings. The summed E-state index contributed by atoms with van der Waals surface area (Å²) in [5.74, 6) is 0.724. The molecular formula is C24H32N4O3S. The summed E-state index contributed by atoms with van der Waals surface area (Å²) < 4.78 is 27.9. The van der Waals surface area contributed by atoms with Crippen molar-refractivity contribution in [2.45, 2.75) is 51.0 Å². The van der Waals surface area contributed by atoms with Crippen LogP contribution in [0, 0.1) is 13.8 Å². The molecule has 32 heavy (non-hydrogen) atoms. The number of aryl methyl sites for hydroxylation is 4. The minimum atomic E-state index is -3.52. The second kappa shape index (κ2) is 9.42. The van der Waals surface area contributed by atoms with E-state index >= 15 is 0 Å². The van der Waals surface area contributed by atoms with Crippen molar-refractivity contribution >= 4 is 27.0 Å². The quantitative estimate of drug-likeness (QED) is 0.564. The number of carbonyl (C=O) groups is 1. The fraction of sp³-hybridized carbons (Fsp3) is 0.417. The maximum absolute atomic E-state index is 12.5. The summed E-state index contributed by atoms with van der Waals surface area (Å²) in [5, 5.41) is 3.07. The molecule has 7 nitrogen and oxygen atoms in total. The van der Waals surface area contributed by atoms with Gasteiger partial charge < -0.3 is 9.88 Å². The van der Waals surface area contributed by atoms with E-state index in [0.29, 0.717) is 18.4 Å². The number of nitrogens with zero attached hydrogens (tertiary/aromatic N) is 3. The first-order valence-electron chi connectivity index (χ1n) is 10.7. The molecule has 0 bridgehead atoms. The SMILES string of the molecule is Cc1ccc(CC(C)NC(=O)CCc2nc3cc(S(=O)(=O)N(C)C)ccc3n2C)c(C)c1. The zero-order chi connectivity index (χ0) is 23.6. The van der Waals surface area contributed by atoms with Gasteiger partial charge in [0, 0.05) is 40.0 Å². The van der Waals surface area contributed by atoms with Crippen LogP contribution in [0.2, 0.25) is 0 Å². The molecule has 1 amide bonds. The normalized spacial score (nSPS) is 13.0. The van der Waals surface area contributed by atoms with Crippen molar-refractivity contribution in [1.29, 1.82) is 0 Å². The molecule has 172 valence electrons. The summed E-state index contributed by atoms with van der Waals surface area (Å²) in [6.45, 7) is 6.18. The molecular weight excluding hydrogens is 424 g/mol. The topological polar surface area (TPSA) is 84.3 Å². The Hall–Kier alpha value is -2.71. The van der Waals surface area contributed by atoms with Crippen molar-refractivity contribution < 1.29 is 13.2 Å². The Morgan fingerprint density at radius 2 is 1.88 bits per heavy atom. The highest BCUT2D eigenvalue weighted by molar-refractivity contribution is 7.89. The van der Waals surface area contributed by atoms with E-state index in [-0.39, 0.29) is 16.8 Å². The summed E-state index contributed by atoms with van der Waals surface area (Å²) >= 11 is 0. The summed E-state index contributed by atoms with van der Waals surface area (Å²) in [7, 11) is 1.36. The molecule has 0 saturated heterocycles. The van der Waals surface area contributed by atoms with Crippen LogP contribution in [0.5, 0.6) is 0 Å². The van der Waals surface area contributed by atoms with Crippen molar-refractivity contribution in [3.05, 3.63) is 58.9 Å². The molecule has 0 aliphatic carbocycles. The maximum atomic E-state index is 12.5. The van der Waals surface area contributed by atoms with Crippen LogP contribution in [0.25, 0.3) is 11.0 Å². The number of hydrogen-bond acceptors (Lipinski definition) is 4. The predicted octanol–water partition coefficient (Wildman–Crippen LogP) is 3.12. The first-order chi connectivity index (χ1) is 15.0. The largest absolute Gasteiger partial charge is 0.353 e. The second-order valence-corrected chi connectivity index (χ2v) is 10.8. The van der Waals surface area contributed by atoms with Crippen molar-refractivity contribution in [2.24, 2.45) is 7.05 Å². The number of hydrogen-bond donors (Lipinski definition) is 1. The molecule has 3 rings (SSSR count). The van der Waals surface area contributed by atoms with Crippen molar-refractivity contribution in [1.82, 2.24) is 19.2 Å². The van der Waals surface area contributed by atoms with E-state index in [0.717, 1.165) is 17.8 Å². The van der Waals surface area contributed by atoms with E-state index in [9.17, 15) is 13.2 Å². The Bertz CT molecular complexity index is 1250. The van der Waals surface area contributed by atoms with Gasteiger partial charge in [-0.3, -0.25) is 4.79 Å². The smallest absolute Gasteiger partial charge is 0.242 e. The second-order valence-electron chi connectivity index (χ2n) is 8.63. The van der Waals surface area contributed by atoms with Crippen LogP contribution in [-0.4, -0.2) is 48.3 Å². The number of benzene rings is 2. The Morgan fingerprint density at radius 1 is 1.16 bits per heavy atom. The van der Waals surface area contributed by atoms with Gasteiger partial charge in [-0.05, 0) is 56.5 Å². The average molecular weight is 457 g/mol. The molecule has 2 aromatic carbocycles. The number of rotatable bonds is 8. The molecule has 1 aromatic heterocycles. The van der Waals surface area contributed by atoms with E-state index in [1.165, 1.54) is 35.1 Å². The highest BCUT2D eigenvalue weighted by atomic mass is 32.2. The van der Waals surface area contributed by atoms with E-state index < -0.39 is 10.0 Å². The van der Waals surface area contributed by atoms with Gasteiger partial charge in [-0.2, -0.15) is 0 Å². The van der Waals surface area contributed by atoms with Gasteiger partial charge in [0.05, 0.1) is 15.9 Å². The molecule has 0 aliphatic heterocycles. The van der Waals surface area contributed by atoms with E-state index in [4.69, 9.17) is 0 Å². The summed E-state index contributed by atoms with van der Waals surface area (Å²) in [6.07, 6.45) is 1.58. The molecule has 1 unspecified atom stereocenters. The third-order valence-electron chi connectivity index (χ3n) is 5.73. The Balaban J connectivity index is 1.65. The van der Waals surface area contributed by atoms with E-state index in [2.05, 4.69) is 42.3 Å². The lowest BCUT2D eigenvalue weighted by Gasteiger charge is -2.16. The van der Waals surface area contributed by atoms with Crippen molar-refractivity contribution in [2.75, 3.05) is 14.1 Å². The van der Waals surface area contributed by atoms with Crippen LogP contribution in [0.15, 0.2) is 41.3 Å². The lowest BCUT2D eigenvalue weighted by molar-refractivity contribution is -0.121. The predicted molar refractivity (Wildman–Crippen MR) is 127 cm³/mol. The third-order valence-corrected chi connectivity index (χ3v) is 7.54. The number of fused-ring (bicyclic) bond motifs is 1. The summed E-state index contributed by atoms with van der Waals surface area (Å²) in [4.78, 5) is 17.3. The fourth-order valence-electron chi connectivity index (χ4n) is 3.85. The lowest BCUT2D eigenvalue weighted by Crippen LogP contribution is -2.34. The van der Waals surface area contributed by atoms with Crippen LogP contribution in [0.1, 0.15) is 35.9 Å². The molecule has 0 radical (unpaired) electrons. The lowest BCUT2D eigenvalue weighted by atomic mass is 10.00. The molecule has 3 aromatic rings. The van der Waals surface area contributed by atoms with Gasteiger partial charge in [0.1, 0.15) is 5.82 Å². The van der Waals surface area contributed by atoms with Gasteiger partial charge in [-0.25, -0.2) is 17.7 Å². The minimum Gasteiger partial charge on any atom is -0.353 e. The van der Waals surface area contributed by atoms with Crippen LogP contribution in [-0.2, 0) is 34.7 Å². The summed E-state index contributed by atoms with van der Waals surface area (Å²) in [6, 6.07) is 11.3. The molecule has 1 N–H and O–H groups in total. The number of nitrogens with one attached hydrogen (secondary N) is 1. The zero-order valence-corrected chi connectivity index (χ0v) is 20.5. The summed E-state index contributed by atoms with van der Waals surface area (Å²) in [5.41, 5.74) is 5.15. The van der Waals surface area contributed by atoms with Gasteiger partial charge in [0.15, 0.2) is 0 Å². The van der Waals surface area contributed by atoms with Crippen LogP contribution in [0.3, 0.4) is 0 Å². The number of sulfonamides is 1. The maximum Gasteiger partial charge on any atom is 0.242 e. The fourth-order valence-corrected chi connectivity index (χ4v) is 4.77. The highest BCUT2D eigenvalue weighted by Crippen LogP contribution is 2.22. The first-order valence-corrected chi connectivity index (χ1v) is 12.2. The number of carbonyl (C=O) groups excluding carboxylic acids is 1. The number of aromatic nitrogens is 2. The molecule has 0 spiro atoms. The Kier molecular flexibility index (Phi) is 7.05. The minimum absolute atomic E-state index is 0.0230. The highest BCUT2D eigenvalue weighted by Gasteiger charge is 2.19. The van der Waals surface area contributed by atoms with Crippen molar-refractivity contribution in [3.63, 3.8) is 0 Å². The average Bonchev–Trinajstić information content (AvgIpc) is 3.03. The van der Waals surface area contributed by atoms with Gasteiger partial charge >= 0.3 is 0 Å². The Morgan fingerprint density at radius 3 is 2.53 bits per heavy atom. The van der Waals surface area contributed by atoms with Crippen molar-refractivity contribution in [3.8, 4) is 0 Å². The molecule has 1 atom stereocenters. The van der Waals surface area contributed by atoms with Gasteiger partial charge in [0.25, 0.3) is 0 Å². The van der Waals surface area contributed by atoms with E-state index in [1.807, 2.05) is 18.5 Å². The van der Waals surface area contributed by atoms with Gasteiger partial charge in [-0.15, -0.1) is 0 Å². The number of imidazole rings is 1. The Labute approximate surface area is 190 Å². The molecule has 0 saturated carbocycles. The molecule has 1 heterocycles. The van der Waals surface area contributed by atoms with E-state index in [1.54, 1.807) is 18.2 Å². The molecule has 8 heteroatoms. The monoisotopic (exact) mass is 456 g/mol. The van der Waals surface area contributed by atoms with Crippen LogP contribution >= 0.6 is 0 Å². The van der Waals surface area contributed by atoms with Gasteiger partial charge in [0.2, 0.25) is 15.9 Å². The van der Waals surface area contributed by atoms with Gasteiger partial charge in [-0.1, -0.05) is 23.8 Å². The molecule has 0 fully saturated rings. The standard InChI is InChI=1S/C24H32N4O3S/c1-16-7-8-19(17(2)13-16)14-18(3)25-24(29)12-11-23-26-21-15-20(32(30,31)27(4)5)9-10-22(21)28(23)6/h7-10,13,15,18H,11-12,14H2,1-6H3,(H,25,29). The van der Waals surface area contributed by atoms with Crippen LogP contribution in [0.4, 0.5) is 0 Å². The zero-order valence-electron chi connectivity index (χ0n) is 19.6. The van der Waals surface area contributed by atoms with Crippen LogP contribution < -0.4 is 5.32 Å². The third kappa shape index (κ3) is 5.19. The first kappa shape index (κ1) is 23.9.